The van der Waals surface area contributed by atoms with Crippen molar-refractivity contribution in [1.82, 2.24) is 0 Å². The Bertz CT molecular complexity index is 138. The van der Waals surface area contributed by atoms with E-state index in [1.54, 1.807) is 0 Å². The van der Waals surface area contributed by atoms with Crippen LogP contribution in [0.4, 0.5) is 0 Å². The molecule has 44 valence electrons. The minimum atomic E-state index is -1.46. The lowest BCUT2D eigenvalue weighted by atomic mass is 10.4. The lowest BCUT2D eigenvalue weighted by Gasteiger charge is -1.77. The zero-order valence-electron chi connectivity index (χ0n) is 3.87. The van der Waals surface area contributed by atoms with E-state index >= 15 is 0 Å². The van der Waals surface area contributed by atoms with Gasteiger partial charge in [-0.1, -0.05) is 0 Å². The minimum absolute atomic E-state index is 0.867. The molecule has 0 amide bonds. The van der Waals surface area contributed by atoms with Gasteiger partial charge in [-0.15, -0.1) is 0 Å². The standard InChI is InChI=1S/C4H4O3S/c5-3(1-2-8)4(6)7/h1-2,8H,(H,6,7). The lowest BCUT2D eigenvalue weighted by Crippen LogP contribution is -2.07. The monoisotopic (exact) mass is 132 g/mol. The molecule has 0 bridgehead atoms. The maximum atomic E-state index is 10.0. The zero-order chi connectivity index (χ0) is 6.57. The number of carbonyl (C=O) groups is 2. The molecule has 0 heterocycles. The largest absolute Gasteiger partial charge is 0.475 e. The second-order valence-corrected chi connectivity index (χ2v) is 1.28. The van der Waals surface area contributed by atoms with Crippen molar-refractivity contribution in [2.75, 3.05) is 0 Å². The van der Waals surface area contributed by atoms with Crippen molar-refractivity contribution in [3.63, 3.8) is 0 Å². The molecule has 0 aliphatic rings. The molecule has 8 heavy (non-hydrogen) atoms. The van der Waals surface area contributed by atoms with Crippen molar-refractivity contribution in [2.24, 2.45) is 0 Å². The summed E-state index contributed by atoms with van der Waals surface area (Å²) in [6.07, 6.45) is 0.867. The topological polar surface area (TPSA) is 54.4 Å². The molecule has 0 aliphatic heterocycles. The third-order valence-corrected chi connectivity index (χ3v) is 0.586. The number of carbonyl (C=O) groups excluding carboxylic acids is 1. The van der Waals surface area contributed by atoms with Gasteiger partial charge >= 0.3 is 5.97 Å². The fourth-order valence-electron chi connectivity index (χ4n) is 0.139. The number of thiol groups is 1. The highest BCUT2D eigenvalue weighted by molar-refractivity contribution is 7.83. The predicted molar refractivity (Wildman–Crippen MR) is 30.8 cm³/mol. The van der Waals surface area contributed by atoms with Crippen LogP contribution in [-0.4, -0.2) is 16.9 Å². The van der Waals surface area contributed by atoms with Crippen LogP contribution in [0.5, 0.6) is 0 Å². The number of rotatable bonds is 2. The lowest BCUT2D eigenvalue weighted by molar-refractivity contribution is -0.146. The van der Waals surface area contributed by atoms with Crippen LogP contribution >= 0.6 is 12.6 Å². The van der Waals surface area contributed by atoms with Gasteiger partial charge in [-0.2, -0.15) is 12.6 Å². The Morgan fingerprint density at radius 2 is 2.00 bits per heavy atom. The van der Waals surface area contributed by atoms with E-state index in [0.29, 0.717) is 0 Å². The second-order valence-electron chi connectivity index (χ2n) is 0.985. The van der Waals surface area contributed by atoms with E-state index in [4.69, 9.17) is 5.11 Å². The van der Waals surface area contributed by atoms with Gasteiger partial charge in [0.2, 0.25) is 0 Å². The molecule has 0 aliphatic carbocycles. The summed E-state index contributed by atoms with van der Waals surface area (Å²) in [6.45, 7) is 0. The van der Waals surface area contributed by atoms with Crippen molar-refractivity contribution in [1.29, 1.82) is 0 Å². The Morgan fingerprint density at radius 1 is 1.50 bits per heavy atom. The van der Waals surface area contributed by atoms with Crippen LogP contribution in [0, 0.1) is 0 Å². The first-order valence-corrected chi connectivity index (χ1v) is 2.28. The molecule has 0 aromatic carbocycles. The number of hydrogen-bond donors (Lipinski definition) is 2. The Labute approximate surface area is 51.4 Å². The van der Waals surface area contributed by atoms with E-state index < -0.39 is 11.8 Å². The van der Waals surface area contributed by atoms with E-state index in [-0.39, 0.29) is 0 Å². The number of aliphatic carboxylic acids is 1. The van der Waals surface area contributed by atoms with Gasteiger partial charge in [0.1, 0.15) is 0 Å². The summed E-state index contributed by atoms with van der Waals surface area (Å²) in [6, 6.07) is 0. The molecule has 0 fully saturated rings. The van der Waals surface area contributed by atoms with Gasteiger partial charge in [0, 0.05) is 0 Å². The molecule has 0 rings (SSSR count). The van der Waals surface area contributed by atoms with Crippen molar-refractivity contribution >= 4 is 24.4 Å². The third-order valence-electron chi connectivity index (χ3n) is 0.437. The normalized spacial score (nSPS) is 9.62. The first-order valence-electron chi connectivity index (χ1n) is 1.76. The van der Waals surface area contributed by atoms with Gasteiger partial charge in [0.05, 0.1) is 0 Å². The molecule has 0 aromatic heterocycles. The van der Waals surface area contributed by atoms with E-state index in [0.717, 1.165) is 11.5 Å². The molecule has 0 saturated carbocycles. The maximum Gasteiger partial charge on any atom is 0.376 e. The van der Waals surface area contributed by atoms with Crippen LogP contribution < -0.4 is 0 Å². The number of ketones is 1. The van der Waals surface area contributed by atoms with Crippen molar-refractivity contribution in [2.45, 2.75) is 0 Å². The average Bonchev–Trinajstić information content (AvgIpc) is 1.67. The van der Waals surface area contributed by atoms with E-state index in [1.807, 2.05) is 0 Å². The highest BCUT2D eigenvalue weighted by Crippen LogP contribution is 1.79. The summed E-state index contributed by atoms with van der Waals surface area (Å²) in [5.74, 6) is -2.42. The molecular weight excluding hydrogens is 128 g/mol. The van der Waals surface area contributed by atoms with Crippen LogP contribution in [0.25, 0.3) is 0 Å². The second kappa shape index (κ2) is 3.26. The molecule has 0 atom stereocenters. The highest BCUT2D eigenvalue weighted by atomic mass is 32.1. The molecule has 0 aromatic rings. The molecular formula is C4H4O3S. The number of carboxylic acid groups (broad SMARTS) is 1. The quantitative estimate of drug-likeness (QED) is 0.318. The highest BCUT2D eigenvalue weighted by Gasteiger charge is 2.03. The van der Waals surface area contributed by atoms with Crippen LogP contribution in [0.3, 0.4) is 0 Å². The summed E-state index contributed by atoms with van der Waals surface area (Å²) < 4.78 is 0. The Hall–Kier alpha value is -0.770. The molecule has 0 saturated heterocycles. The summed E-state index contributed by atoms with van der Waals surface area (Å²) >= 11 is 3.49. The Kier molecular flexibility index (Phi) is 2.95. The van der Waals surface area contributed by atoms with Gasteiger partial charge in [-0.3, -0.25) is 4.79 Å². The summed E-state index contributed by atoms with van der Waals surface area (Å²) in [5, 5.41) is 8.96. The number of hydrogen-bond acceptors (Lipinski definition) is 3. The SMILES string of the molecule is O=C(O)C(=O)C=CS. The fourth-order valence-corrected chi connectivity index (χ4v) is 0.274. The molecule has 4 heteroatoms. The molecule has 0 radical (unpaired) electrons. The third kappa shape index (κ3) is 2.41. The minimum Gasteiger partial charge on any atom is -0.475 e. The molecule has 0 unspecified atom stereocenters. The molecule has 0 spiro atoms. The molecule has 1 N–H and O–H groups in total. The van der Waals surface area contributed by atoms with Crippen LogP contribution in [-0.2, 0) is 9.59 Å². The van der Waals surface area contributed by atoms with Gasteiger partial charge in [-0.05, 0) is 11.5 Å². The van der Waals surface area contributed by atoms with Crippen LogP contribution in [0.2, 0.25) is 0 Å². The zero-order valence-corrected chi connectivity index (χ0v) is 4.76. The summed E-state index contributed by atoms with van der Waals surface area (Å²) in [7, 11) is 0. The molecule has 3 nitrogen and oxygen atoms in total. The Morgan fingerprint density at radius 3 is 2.12 bits per heavy atom. The first kappa shape index (κ1) is 7.23. The van der Waals surface area contributed by atoms with Crippen molar-refractivity contribution < 1.29 is 14.7 Å². The van der Waals surface area contributed by atoms with E-state index in [2.05, 4.69) is 12.6 Å². The van der Waals surface area contributed by atoms with Gasteiger partial charge in [0.25, 0.3) is 5.78 Å². The van der Waals surface area contributed by atoms with E-state index in [1.165, 1.54) is 0 Å². The summed E-state index contributed by atoms with van der Waals surface area (Å²) in [4.78, 5) is 19.7. The number of carboxylic acids is 1. The van der Waals surface area contributed by atoms with Crippen LogP contribution in [0.1, 0.15) is 0 Å². The Balaban J connectivity index is 3.85. The first-order chi connectivity index (χ1) is 3.68. The van der Waals surface area contributed by atoms with Crippen LogP contribution in [0.15, 0.2) is 11.5 Å². The van der Waals surface area contributed by atoms with E-state index in [9.17, 15) is 9.59 Å². The smallest absolute Gasteiger partial charge is 0.376 e. The van der Waals surface area contributed by atoms with Gasteiger partial charge in [0.15, 0.2) is 0 Å². The van der Waals surface area contributed by atoms with Gasteiger partial charge in [-0.25, -0.2) is 4.79 Å². The fraction of sp³-hybridized carbons (Fsp3) is 0. The average molecular weight is 132 g/mol. The van der Waals surface area contributed by atoms with Crippen molar-refractivity contribution in [3.05, 3.63) is 11.5 Å². The predicted octanol–water partition coefficient (Wildman–Crippen LogP) is 0.0836. The van der Waals surface area contributed by atoms with Crippen molar-refractivity contribution in [3.8, 4) is 0 Å². The van der Waals surface area contributed by atoms with Gasteiger partial charge < -0.3 is 5.11 Å². The summed E-state index contributed by atoms with van der Waals surface area (Å²) in [5.41, 5.74) is 0. The maximum absolute atomic E-state index is 10.0.